The van der Waals surface area contributed by atoms with Crippen LogP contribution in [0.15, 0.2) is 42.7 Å². The number of hydrogen-bond donors (Lipinski definition) is 1. The first-order valence-corrected chi connectivity index (χ1v) is 5.55. The van der Waals surface area contributed by atoms with E-state index in [1.165, 1.54) is 12.1 Å². The molecule has 88 valence electrons. The van der Waals surface area contributed by atoms with Gasteiger partial charge in [-0.15, -0.1) is 0 Å². The van der Waals surface area contributed by atoms with E-state index in [4.69, 9.17) is 0 Å². The minimum absolute atomic E-state index is 0.268. The number of H-pyrrole nitrogens is 1. The predicted molar refractivity (Wildman–Crippen MR) is 69.2 cm³/mol. The monoisotopic (exact) mass is 239 g/mol. The molecule has 0 spiro atoms. The summed E-state index contributed by atoms with van der Waals surface area (Å²) in [6.45, 7) is 0. The molecule has 0 unspecified atom stereocenters. The zero-order valence-corrected chi connectivity index (χ0v) is 9.47. The van der Waals surface area contributed by atoms with Crippen LogP contribution in [0, 0.1) is 5.82 Å². The summed E-state index contributed by atoms with van der Waals surface area (Å²) in [5, 5.41) is 7.87. The molecule has 0 atom stereocenters. The molecule has 0 radical (unpaired) electrons. The van der Waals surface area contributed by atoms with E-state index < -0.39 is 0 Å². The highest BCUT2D eigenvalue weighted by Crippen LogP contribution is 2.18. The Balaban J connectivity index is 1.98. The lowest BCUT2D eigenvalue weighted by Crippen LogP contribution is -1.75. The van der Waals surface area contributed by atoms with Gasteiger partial charge in [0.1, 0.15) is 5.82 Å². The van der Waals surface area contributed by atoms with Crippen LogP contribution in [0.2, 0.25) is 0 Å². The van der Waals surface area contributed by atoms with Crippen LogP contribution in [0.1, 0.15) is 11.3 Å². The first-order valence-electron chi connectivity index (χ1n) is 5.55. The van der Waals surface area contributed by atoms with Gasteiger partial charge < -0.3 is 0 Å². The third-order valence-corrected chi connectivity index (χ3v) is 2.69. The second-order valence-corrected chi connectivity index (χ2v) is 3.91. The number of aromatic nitrogens is 3. The average molecular weight is 239 g/mol. The van der Waals surface area contributed by atoms with Gasteiger partial charge in [0, 0.05) is 17.8 Å². The van der Waals surface area contributed by atoms with E-state index in [1.54, 1.807) is 18.5 Å². The molecule has 1 aromatic carbocycles. The summed E-state index contributed by atoms with van der Waals surface area (Å²) >= 11 is 0. The van der Waals surface area contributed by atoms with Crippen molar-refractivity contribution in [3.05, 3.63) is 59.8 Å². The van der Waals surface area contributed by atoms with Gasteiger partial charge in [-0.05, 0) is 42.0 Å². The maximum atomic E-state index is 13.0. The topological polar surface area (TPSA) is 41.6 Å². The molecule has 0 saturated heterocycles. The minimum Gasteiger partial charge on any atom is -0.277 e. The van der Waals surface area contributed by atoms with Crippen molar-refractivity contribution in [2.45, 2.75) is 0 Å². The maximum Gasteiger partial charge on any atom is 0.125 e. The Kier molecular flexibility index (Phi) is 2.61. The number of nitrogens with zero attached hydrogens (tertiary/aromatic N) is 2. The lowest BCUT2D eigenvalue weighted by atomic mass is 10.1. The van der Waals surface area contributed by atoms with Crippen LogP contribution in [-0.4, -0.2) is 15.2 Å². The first-order chi connectivity index (χ1) is 8.83. The standard InChI is InChI=1S/C14H10FN3/c15-11-2-3-12-13(17-18-14(12)9-11)4-1-10-5-7-16-8-6-10/h1-9H,(H,17,18)/b4-1+. The lowest BCUT2D eigenvalue weighted by molar-refractivity contribution is 0.629. The van der Waals surface area contributed by atoms with E-state index in [0.717, 1.165) is 16.6 Å². The van der Waals surface area contributed by atoms with Gasteiger partial charge in [0.05, 0.1) is 11.2 Å². The summed E-state index contributed by atoms with van der Waals surface area (Å²) in [5.74, 6) is -0.268. The summed E-state index contributed by atoms with van der Waals surface area (Å²) in [4.78, 5) is 3.95. The van der Waals surface area contributed by atoms with Crippen LogP contribution < -0.4 is 0 Å². The van der Waals surface area contributed by atoms with Crippen molar-refractivity contribution in [1.29, 1.82) is 0 Å². The molecule has 0 amide bonds. The number of nitrogens with one attached hydrogen (secondary N) is 1. The summed E-state index contributed by atoms with van der Waals surface area (Å²) in [7, 11) is 0. The predicted octanol–water partition coefficient (Wildman–Crippen LogP) is 3.27. The van der Waals surface area contributed by atoms with Crippen LogP contribution in [0.3, 0.4) is 0 Å². The van der Waals surface area contributed by atoms with Gasteiger partial charge in [-0.1, -0.05) is 6.08 Å². The fourth-order valence-electron chi connectivity index (χ4n) is 1.79. The number of pyridine rings is 1. The fourth-order valence-corrected chi connectivity index (χ4v) is 1.79. The summed E-state index contributed by atoms with van der Waals surface area (Å²) in [5.41, 5.74) is 2.54. The van der Waals surface area contributed by atoms with Gasteiger partial charge in [0.15, 0.2) is 0 Å². The van der Waals surface area contributed by atoms with Crippen molar-refractivity contribution < 1.29 is 4.39 Å². The second kappa shape index (κ2) is 4.41. The number of rotatable bonds is 2. The maximum absolute atomic E-state index is 13.0. The molecule has 2 aromatic heterocycles. The molecule has 1 N–H and O–H groups in total. The summed E-state index contributed by atoms with van der Waals surface area (Å²) in [6.07, 6.45) is 7.31. The third kappa shape index (κ3) is 2.00. The van der Waals surface area contributed by atoms with E-state index >= 15 is 0 Å². The molecule has 2 heterocycles. The highest BCUT2D eigenvalue weighted by atomic mass is 19.1. The highest BCUT2D eigenvalue weighted by Gasteiger charge is 2.03. The fraction of sp³-hybridized carbons (Fsp3) is 0. The minimum atomic E-state index is -0.268. The number of benzene rings is 1. The molecule has 0 aliphatic carbocycles. The molecule has 4 heteroatoms. The van der Waals surface area contributed by atoms with Gasteiger partial charge in [0.2, 0.25) is 0 Å². The molecule has 3 nitrogen and oxygen atoms in total. The van der Waals surface area contributed by atoms with Crippen LogP contribution >= 0.6 is 0 Å². The van der Waals surface area contributed by atoms with Gasteiger partial charge in [-0.3, -0.25) is 10.1 Å². The third-order valence-electron chi connectivity index (χ3n) is 2.69. The quantitative estimate of drug-likeness (QED) is 0.745. The van der Waals surface area contributed by atoms with Gasteiger partial charge >= 0.3 is 0 Å². The molecule has 3 rings (SSSR count). The molecule has 0 bridgehead atoms. The van der Waals surface area contributed by atoms with Crippen LogP contribution in [0.25, 0.3) is 23.1 Å². The molecule has 0 fully saturated rings. The second-order valence-electron chi connectivity index (χ2n) is 3.91. The average Bonchev–Trinajstić information content (AvgIpc) is 2.80. The van der Waals surface area contributed by atoms with Gasteiger partial charge in [0.25, 0.3) is 0 Å². The van der Waals surface area contributed by atoms with Crippen LogP contribution in [0.4, 0.5) is 4.39 Å². The molecule has 0 saturated carbocycles. The van der Waals surface area contributed by atoms with Crippen molar-refractivity contribution in [1.82, 2.24) is 15.2 Å². The van der Waals surface area contributed by atoms with Crippen LogP contribution in [0.5, 0.6) is 0 Å². The SMILES string of the molecule is Fc1ccc2c(/C=C/c3ccncc3)n[nH]c2c1. The number of hydrogen-bond acceptors (Lipinski definition) is 2. The van der Waals surface area contributed by atoms with E-state index in [2.05, 4.69) is 15.2 Å². The molecule has 18 heavy (non-hydrogen) atoms. The number of halogens is 1. The van der Waals surface area contributed by atoms with Crippen molar-refractivity contribution in [3.8, 4) is 0 Å². The molecule has 3 aromatic rings. The first kappa shape index (κ1) is 10.7. The highest BCUT2D eigenvalue weighted by molar-refractivity contribution is 5.89. The zero-order valence-electron chi connectivity index (χ0n) is 9.47. The normalized spacial score (nSPS) is 11.4. The number of fused-ring (bicyclic) bond motifs is 1. The molecular weight excluding hydrogens is 229 g/mol. The Morgan fingerprint density at radius 1 is 1.06 bits per heavy atom. The number of aromatic amines is 1. The van der Waals surface area contributed by atoms with E-state index in [9.17, 15) is 4.39 Å². The Labute approximate surface area is 103 Å². The Morgan fingerprint density at radius 3 is 2.72 bits per heavy atom. The summed E-state index contributed by atoms with van der Waals surface area (Å²) in [6, 6.07) is 8.41. The Bertz CT molecular complexity index is 701. The van der Waals surface area contributed by atoms with E-state index in [1.807, 2.05) is 24.3 Å². The van der Waals surface area contributed by atoms with E-state index in [-0.39, 0.29) is 5.82 Å². The zero-order chi connectivity index (χ0) is 12.4. The summed E-state index contributed by atoms with van der Waals surface area (Å²) < 4.78 is 13.0. The Morgan fingerprint density at radius 2 is 1.89 bits per heavy atom. The van der Waals surface area contributed by atoms with Gasteiger partial charge in [-0.2, -0.15) is 5.10 Å². The molecule has 0 aliphatic heterocycles. The van der Waals surface area contributed by atoms with Crippen molar-refractivity contribution in [2.75, 3.05) is 0 Å². The van der Waals surface area contributed by atoms with Crippen molar-refractivity contribution in [3.63, 3.8) is 0 Å². The van der Waals surface area contributed by atoms with Crippen molar-refractivity contribution in [2.24, 2.45) is 0 Å². The van der Waals surface area contributed by atoms with Crippen molar-refractivity contribution >= 4 is 23.1 Å². The van der Waals surface area contributed by atoms with Crippen LogP contribution in [-0.2, 0) is 0 Å². The lowest BCUT2D eigenvalue weighted by Gasteiger charge is -1.92. The molecule has 0 aliphatic rings. The van der Waals surface area contributed by atoms with E-state index in [0.29, 0.717) is 5.52 Å². The largest absolute Gasteiger partial charge is 0.277 e. The smallest absolute Gasteiger partial charge is 0.125 e. The Hall–Kier alpha value is -2.49. The molecular formula is C14H10FN3. The van der Waals surface area contributed by atoms with Gasteiger partial charge in [-0.25, -0.2) is 4.39 Å².